The molecule has 27 heavy (non-hydrogen) atoms. The summed E-state index contributed by atoms with van der Waals surface area (Å²) < 4.78 is 5.47. The molecule has 3 aliphatic heterocycles. The van der Waals surface area contributed by atoms with Crippen molar-refractivity contribution in [2.75, 3.05) is 33.9 Å². The van der Waals surface area contributed by atoms with E-state index in [0.717, 1.165) is 12.8 Å². The van der Waals surface area contributed by atoms with Crippen LogP contribution < -0.4 is 0 Å². The van der Waals surface area contributed by atoms with Crippen LogP contribution in [0.2, 0.25) is 0 Å². The number of hydrogen-bond acceptors (Lipinski definition) is 5. The van der Waals surface area contributed by atoms with Gasteiger partial charge in [-0.3, -0.25) is 14.5 Å². The van der Waals surface area contributed by atoms with Crippen molar-refractivity contribution in [2.45, 2.75) is 58.5 Å². The summed E-state index contributed by atoms with van der Waals surface area (Å²) >= 11 is 0. The number of carboxylic acid groups (broad SMARTS) is 1. The monoisotopic (exact) mass is 382 g/mol. The lowest BCUT2D eigenvalue weighted by Crippen LogP contribution is -2.84. The van der Waals surface area contributed by atoms with Crippen molar-refractivity contribution in [2.24, 2.45) is 17.3 Å². The fraction of sp³-hybridized carbons (Fsp3) is 0.850. The lowest BCUT2D eigenvalue weighted by molar-refractivity contribution is -0.201. The maximum absolute atomic E-state index is 13.6. The molecule has 3 saturated heterocycles. The summed E-state index contributed by atoms with van der Waals surface area (Å²) in [6.07, 6.45) is 1.46. The molecule has 2 atom stereocenters. The van der Waals surface area contributed by atoms with Gasteiger partial charge in [0, 0.05) is 25.5 Å². The molecule has 3 heterocycles. The Hall–Kier alpha value is -1.47. The Morgan fingerprint density at radius 3 is 2.15 bits per heavy atom. The van der Waals surface area contributed by atoms with Crippen LogP contribution >= 0.6 is 0 Å². The minimum atomic E-state index is -1.72. The van der Waals surface area contributed by atoms with Crippen LogP contribution in [0.25, 0.3) is 0 Å². The highest BCUT2D eigenvalue weighted by molar-refractivity contribution is 6.03. The van der Waals surface area contributed by atoms with Gasteiger partial charge in [-0.25, -0.2) is 4.79 Å². The molecule has 7 heteroatoms. The lowest BCUT2D eigenvalue weighted by Gasteiger charge is -2.62. The quantitative estimate of drug-likeness (QED) is 0.752. The number of likely N-dealkylation sites (N-methyl/N-ethyl adjacent to an activating group) is 1. The third kappa shape index (κ3) is 2.90. The van der Waals surface area contributed by atoms with Gasteiger partial charge < -0.3 is 14.7 Å². The predicted octanol–water partition coefficient (Wildman–Crippen LogP) is 1.65. The van der Waals surface area contributed by atoms with Crippen LogP contribution in [-0.4, -0.2) is 77.5 Å². The molecule has 1 N–H and O–H groups in total. The van der Waals surface area contributed by atoms with Crippen LogP contribution in [0.5, 0.6) is 0 Å². The number of ketones is 1. The Morgan fingerprint density at radius 2 is 1.81 bits per heavy atom. The molecule has 1 amide bonds. The summed E-state index contributed by atoms with van der Waals surface area (Å²) in [7, 11) is 3.01. The molecule has 7 nitrogen and oxygen atoms in total. The zero-order chi connectivity index (χ0) is 20.8. The van der Waals surface area contributed by atoms with Gasteiger partial charge in [0.15, 0.2) is 11.3 Å². The van der Waals surface area contributed by atoms with Crippen LogP contribution in [0.3, 0.4) is 0 Å². The molecular formula is C20H34N2O5. The van der Waals surface area contributed by atoms with E-state index in [1.54, 1.807) is 34.6 Å². The van der Waals surface area contributed by atoms with Crippen molar-refractivity contribution in [3.63, 3.8) is 0 Å². The number of ether oxygens (including phenoxy) is 1. The van der Waals surface area contributed by atoms with Crippen LogP contribution in [0, 0.1) is 17.3 Å². The molecule has 0 spiro atoms. The van der Waals surface area contributed by atoms with E-state index in [9.17, 15) is 19.5 Å². The van der Waals surface area contributed by atoms with Gasteiger partial charge in [-0.05, 0) is 31.8 Å². The third-order valence-electron chi connectivity index (χ3n) is 6.43. The SMILES string of the molecule is COCC1([C@@](C(=O)O)(C(C)C)N(C)C(=O)C(C)(C)C)C(=O)C2CCN1CC2. The van der Waals surface area contributed by atoms with Crippen LogP contribution in [0.1, 0.15) is 47.5 Å². The van der Waals surface area contributed by atoms with Crippen molar-refractivity contribution >= 4 is 17.7 Å². The molecule has 2 bridgehead atoms. The van der Waals surface area contributed by atoms with Gasteiger partial charge in [-0.2, -0.15) is 0 Å². The van der Waals surface area contributed by atoms with Crippen LogP contribution in [0.4, 0.5) is 0 Å². The van der Waals surface area contributed by atoms with E-state index in [2.05, 4.69) is 0 Å². The van der Waals surface area contributed by atoms with Gasteiger partial charge in [-0.15, -0.1) is 0 Å². The molecule has 0 aromatic heterocycles. The van der Waals surface area contributed by atoms with Gasteiger partial charge in [0.1, 0.15) is 5.54 Å². The molecule has 0 aliphatic carbocycles. The number of methoxy groups -OCH3 is 1. The molecule has 3 aliphatic rings. The van der Waals surface area contributed by atoms with Gasteiger partial charge >= 0.3 is 5.97 Å². The Bertz CT molecular complexity index is 618. The summed E-state index contributed by atoms with van der Waals surface area (Å²) in [5, 5.41) is 10.5. The van der Waals surface area contributed by atoms with E-state index >= 15 is 0 Å². The van der Waals surface area contributed by atoms with Gasteiger partial charge in [0.25, 0.3) is 0 Å². The molecule has 154 valence electrons. The zero-order valence-corrected chi connectivity index (χ0v) is 17.7. The molecule has 0 saturated carbocycles. The first-order chi connectivity index (χ1) is 12.4. The van der Waals surface area contributed by atoms with E-state index < -0.39 is 28.4 Å². The first-order valence-electron chi connectivity index (χ1n) is 9.69. The maximum Gasteiger partial charge on any atom is 0.332 e. The number of carbonyl (C=O) groups is 3. The topological polar surface area (TPSA) is 87.1 Å². The molecule has 0 aromatic carbocycles. The maximum atomic E-state index is 13.6. The highest BCUT2D eigenvalue weighted by atomic mass is 16.5. The predicted molar refractivity (Wildman–Crippen MR) is 101 cm³/mol. The second-order valence-corrected chi connectivity index (χ2v) is 9.26. The summed E-state index contributed by atoms with van der Waals surface area (Å²) in [5.41, 5.74) is -3.88. The summed E-state index contributed by atoms with van der Waals surface area (Å²) in [6, 6.07) is 0. The number of nitrogens with zero attached hydrogens (tertiary/aromatic N) is 2. The second-order valence-electron chi connectivity index (χ2n) is 9.26. The van der Waals surface area contributed by atoms with E-state index in [4.69, 9.17) is 4.74 Å². The normalized spacial score (nSPS) is 30.3. The smallest absolute Gasteiger partial charge is 0.332 e. The molecule has 1 unspecified atom stereocenters. The average Bonchev–Trinajstić information content (AvgIpc) is 2.57. The first-order valence-corrected chi connectivity index (χ1v) is 9.69. The number of rotatable bonds is 6. The molecule has 0 aromatic rings. The van der Waals surface area contributed by atoms with Crippen molar-refractivity contribution in [3.8, 4) is 0 Å². The van der Waals surface area contributed by atoms with E-state index in [0.29, 0.717) is 13.1 Å². The van der Waals surface area contributed by atoms with Gasteiger partial charge in [-0.1, -0.05) is 34.6 Å². The van der Waals surface area contributed by atoms with Crippen molar-refractivity contribution in [1.29, 1.82) is 0 Å². The van der Waals surface area contributed by atoms with Crippen molar-refractivity contribution in [1.82, 2.24) is 9.80 Å². The Morgan fingerprint density at radius 1 is 1.30 bits per heavy atom. The minimum Gasteiger partial charge on any atom is -0.479 e. The highest BCUT2D eigenvalue weighted by Crippen LogP contribution is 2.49. The van der Waals surface area contributed by atoms with Crippen LogP contribution in [0.15, 0.2) is 0 Å². The highest BCUT2D eigenvalue weighted by Gasteiger charge is 2.71. The number of carbonyl (C=O) groups excluding carboxylic acids is 2. The van der Waals surface area contributed by atoms with Crippen LogP contribution in [-0.2, 0) is 19.1 Å². The van der Waals surface area contributed by atoms with Crippen molar-refractivity contribution < 1.29 is 24.2 Å². The lowest BCUT2D eigenvalue weighted by atomic mass is 9.59. The summed E-state index contributed by atoms with van der Waals surface area (Å²) in [6.45, 7) is 10.1. The second kappa shape index (κ2) is 7.17. The number of aliphatic carboxylic acids is 1. The largest absolute Gasteiger partial charge is 0.479 e. The fourth-order valence-electron chi connectivity index (χ4n) is 5.30. The molecule has 0 radical (unpaired) electrons. The zero-order valence-electron chi connectivity index (χ0n) is 17.7. The fourth-order valence-corrected chi connectivity index (χ4v) is 5.30. The Kier molecular flexibility index (Phi) is 5.79. The number of hydrogen-bond donors (Lipinski definition) is 1. The average molecular weight is 383 g/mol. The standard InChI is InChI=1S/C20H34N2O5/c1-13(2)20(17(25)26,21(6)16(24)18(3,4)5)19(12-27-7)15(23)14-8-10-22(19)11-9-14/h13-14H,8-12H2,1-7H3,(H,25,26)/t19?,20-/m0/s1. The Labute approximate surface area is 162 Å². The van der Waals surface area contributed by atoms with E-state index in [1.807, 2.05) is 4.90 Å². The molecule has 3 rings (SSSR count). The molecular weight excluding hydrogens is 348 g/mol. The number of piperidine rings is 3. The number of carboxylic acids is 1. The van der Waals surface area contributed by atoms with E-state index in [1.165, 1.54) is 19.1 Å². The molecule has 3 fully saturated rings. The van der Waals surface area contributed by atoms with Crippen molar-refractivity contribution in [3.05, 3.63) is 0 Å². The van der Waals surface area contributed by atoms with Gasteiger partial charge in [0.05, 0.1) is 6.61 Å². The van der Waals surface area contributed by atoms with E-state index in [-0.39, 0.29) is 24.2 Å². The number of Topliss-reactive ketones (excluding diaryl/α,β-unsaturated/α-hetero) is 1. The summed E-state index contributed by atoms with van der Waals surface area (Å²) in [4.78, 5) is 43.0. The summed E-state index contributed by atoms with van der Waals surface area (Å²) in [5.74, 6) is -2.24. The van der Waals surface area contributed by atoms with Gasteiger partial charge in [0.2, 0.25) is 5.91 Å². The Balaban J connectivity index is 2.80. The first kappa shape index (κ1) is 21.8. The third-order valence-corrected chi connectivity index (χ3v) is 6.43. The number of fused-ring (bicyclic) bond motifs is 3. The number of amides is 1. The minimum absolute atomic E-state index is 0.0470.